The lowest BCUT2D eigenvalue weighted by Gasteiger charge is -2.29. The number of hydrogen-bond acceptors (Lipinski definition) is 5. The highest BCUT2D eigenvalue weighted by atomic mass is 35.5. The van der Waals surface area contributed by atoms with Crippen molar-refractivity contribution in [2.45, 2.75) is 25.8 Å². The van der Waals surface area contributed by atoms with Crippen molar-refractivity contribution >= 4 is 34.7 Å². The van der Waals surface area contributed by atoms with Gasteiger partial charge >= 0.3 is 0 Å². The van der Waals surface area contributed by atoms with Gasteiger partial charge in [-0.25, -0.2) is 0 Å². The molecule has 0 saturated carbocycles. The minimum atomic E-state index is -0.491. The number of piperidine rings is 1. The third-order valence-corrected chi connectivity index (χ3v) is 5.84. The van der Waals surface area contributed by atoms with Crippen molar-refractivity contribution in [3.63, 3.8) is 0 Å². The van der Waals surface area contributed by atoms with Crippen LogP contribution in [0.15, 0.2) is 54.2 Å². The van der Waals surface area contributed by atoms with E-state index in [0.717, 1.165) is 19.3 Å². The second kappa shape index (κ2) is 8.28. The topological polar surface area (TPSA) is 83.8 Å². The second-order valence-electron chi connectivity index (χ2n) is 7.36. The normalized spacial score (nSPS) is 17.1. The Morgan fingerprint density at radius 1 is 0.933 bits per heavy atom. The number of rotatable bonds is 5. The van der Waals surface area contributed by atoms with Crippen molar-refractivity contribution in [1.29, 1.82) is 0 Å². The summed E-state index contributed by atoms with van der Waals surface area (Å²) in [6.07, 6.45) is 2.98. The Morgan fingerprint density at radius 3 is 2.23 bits per heavy atom. The molecule has 2 aromatic carbocycles. The van der Waals surface area contributed by atoms with E-state index in [0.29, 0.717) is 40.5 Å². The summed E-state index contributed by atoms with van der Waals surface area (Å²) < 4.78 is 0. The second-order valence-corrected chi connectivity index (χ2v) is 7.77. The number of nitro groups is 1. The van der Waals surface area contributed by atoms with Gasteiger partial charge in [-0.05, 0) is 48.6 Å². The van der Waals surface area contributed by atoms with Crippen LogP contribution in [0.25, 0.3) is 5.57 Å². The Labute approximate surface area is 178 Å². The minimum Gasteiger partial charge on any atom is -0.366 e. The zero-order valence-corrected chi connectivity index (χ0v) is 17.0. The highest BCUT2D eigenvalue weighted by molar-refractivity contribution is 6.35. The average Bonchev–Trinajstić information content (AvgIpc) is 3.00. The van der Waals surface area contributed by atoms with Crippen LogP contribution in [0.2, 0.25) is 5.02 Å². The third-order valence-electron chi connectivity index (χ3n) is 5.47. The smallest absolute Gasteiger partial charge is 0.278 e. The average molecular weight is 426 g/mol. The first-order valence-electron chi connectivity index (χ1n) is 9.81. The summed E-state index contributed by atoms with van der Waals surface area (Å²) in [6, 6.07) is 12.9. The fourth-order valence-corrected chi connectivity index (χ4v) is 4.12. The van der Waals surface area contributed by atoms with E-state index in [-0.39, 0.29) is 18.1 Å². The molecule has 0 aromatic heterocycles. The lowest BCUT2D eigenvalue weighted by molar-refractivity contribution is -0.384. The summed E-state index contributed by atoms with van der Waals surface area (Å²) in [6.45, 7) is 1.47. The predicted molar refractivity (Wildman–Crippen MR) is 112 cm³/mol. The summed E-state index contributed by atoms with van der Waals surface area (Å²) in [7, 11) is 0. The Balaban J connectivity index is 1.74. The van der Waals surface area contributed by atoms with E-state index in [1.165, 1.54) is 29.2 Å². The molecule has 0 unspecified atom stereocenters. The number of hydrogen-bond donors (Lipinski definition) is 0. The summed E-state index contributed by atoms with van der Waals surface area (Å²) in [5.74, 6) is -0.760. The molecular formula is C22H20ClN3O4. The number of carbonyl (C=O) groups is 2. The number of carbonyl (C=O) groups excluding carboxylic acids is 2. The molecular weight excluding hydrogens is 406 g/mol. The maximum atomic E-state index is 13.3. The number of non-ortho nitro benzene ring substituents is 1. The number of imide groups is 1. The van der Waals surface area contributed by atoms with Crippen LogP contribution in [-0.2, 0) is 16.1 Å². The first-order chi connectivity index (χ1) is 14.5. The molecule has 2 amide bonds. The van der Waals surface area contributed by atoms with Gasteiger partial charge in [-0.15, -0.1) is 0 Å². The number of halogens is 1. The number of likely N-dealkylation sites (tertiary alicyclic amines) is 1. The van der Waals surface area contributed by atoms with E-state index in [9.17, 15) is 19.7 Å². The predicted octanol–water partition coefficient (Wildman–Crippen LogP) is 4.01. The number of amides is 2. The van der Waals surface area contributed by atoms with Crippen molar-refractivity contribution in [2.75, 3.05) is 13.1 Å². The molecule has 7 nitrogen and oxygen atoms in total. The van der Waals surface area contributed by atoms with Gasteiger partial charge in [-0.2, -0.15) is 0 Å². The quantitative estimate of drug-likeness (QED) is 0.410. The third kappa shape index (κ3) is 3.68. The van der Waals surface area contributed by atoms with Crippen LogP contribution in [0.1, 0.15) is 30.4 Å². The molecule has 0 N–H and O–H groups in total. The van der Waals surface area contributed by atoms with Crippen LogP contribution >= 0.6 is 11.6 Å². The number of nitro benzene ring substituents is 1. The first-order valence-corrected chi connectivity index (χ1v) is 10.2. The van der Waals surface area contributed by atoms with E-state index in [4.69, 9.17) is 11.6 Å². The summed E-state index contributed by atoms with van der Waals surface area (Å²) in [5.41, 5.74) is 1.79. The van der Waals surface area contributed by atoms with E-state index in [1.54, 1.807) is 18.2 Å². The molecule has 2 aliphatic heterocycles. The van der Waals surface area contributed by atoms with Crippen LogP contribution in [-0.4, -0.2) is 39.6 Å². The standard InChI is InChI=1S/C22H20ClN3O4/c23-18-7-3-2-6-16(18)14-25-21(27)19(15-8-10-17(11-9-15)26(29)30)20(22(25)28)24-12-4-1-5-13-24/h2-3,6-11H,1,4-5,12-14H2. The molecule has 154 valence electrons. The largest absolute Gasteiger partial charge is 0.366 e. The van der Waals surface area contributed by atoms with Gasteiger partial charge in [-0.3, -0.25) is 24.6 Å². The highest BCUT2D eigenvalue weighted by Crippen LogP contribution is 2.35. The fourth-order valence-electron chi connectivity index (χ4n) is 3.92. The van der Waals surface area contributed by atoms with Gasteiger partial charge in [0.05, 0.1) is 17.0 Å². The Hall–Kier alpha value is -3.19. The van der Waals surface area contributed by atoms with Gasteiger partial charge in [0.1, 0.15) is 5.70 Å². The van der Waals surface area contributed by atoms with Crippen LogP contribution < -0.4 is 0 Å². The van der Waals surface area contributed by atoms with Crippen LogP contribution in [0.3, 0.4) is 0 Å². The minimum absolute atomic E-state index is 0.0661. The molecule has 1 fully saturated rings. The number of nitrogens with zero attached hydrogens (tertiary/aromatic N) is 3. The molecule has 0 aliphatic carbocycles. The molecule has 1 saturated heterocycles. The summed E-state index contributed by atoms with van der Waals surface area (Å²) in [5, 5.41) is 11.5. The lowest BCUT2D eigenvalue weighted by atomic mass is 10.0. The highest BCUT2D eigenvalue weighted by Gasteiger charge is 2.42. The van der Waals surface area contributed by atoms with Crippen molar-refractivity contribution < 1.29 is 14.5 Å². The van der Waals surface area contributed by atoms with Gasteiger partial charge < -0.3 is 4.90 Å². The molecule has 2 aliphatic rings. The van der Waals surface area contributed by atoms with E-state index < -0.39 is 10.8 Å². The first kappa shape index (κ1) is 20.1. The molecule has 8 heteroatoms. The monoisotopic (exact) mass is 425 g/mol. The molecule has 0 spiro atoms. The van der Waals surface area contributed by atoms with Crippen molar-refractivity contribution in [1.82, 2.24) is 9.80 Å². The van der Waals surface area contributed by atoms with Crippen molar-refractivity contribution in [2.24, 2.45) is 0 Å². The van der Waals surface area contributed by atoms with Crippen molar-refractivity contribution in [3.05, 3.63) is 80.5 Å². The van der Waals surface area contributed by atoms with Gasteiger partial charge in [-0.1, -0.05) is 29.8 Å². The Kier molecular flexibility index (Phi) is 5.55. The Bertz CT molecular complexity index is 1040. The summed E-state index contributed by atoms with van der Waals surface area (Å²) in [4.78, 5) is 40.4. The SMILES string of the molecule is O=C1C(c2ccc([N+](=O)[O-])cc2)=C(N2CCCCC2)C(=O)N1Cc1ccccc1Cl. The molecule has 0 radical (unpaired) electrons. The van der Waals surface area contributed by atoms with Crippen LogP contribution in [0, 0.1) is 10.1 Å². The maximum Gasteiger partial charge on any atom is 0.278 e. The van der Waals surface area contributed by atoms with Gasteiger partial charge in [0, 0.05) is 30.2 Å². The molecule has 2 heterocycles. The van der Waals surface area contributed by atoms with Gasteiger partial charge in [0.15, 0.2) is 0 Å². The summed E-state index contributed by atoms with van der Waals surface area (Å²) >= 11 is 6.25. The van der Waals surface area contributed by atoms with Crippen molar-refractivity contribution in [3.8, 4) is 0 Å². The van der Waals surface area contributed by atoms with Gasteiger partial charge in [0.2, 0.25) is 0 Å². The molecule has 2 aromatic rings. The van der Waals surface area contributed by atoms with Crippen LogP contribution in [0.4, 0.5) is 5.69 Å². The molecule has 0 bridgehead atoms. The van der Waals surface area contributed by atoms with Gasteiger partial charge in [0.25, 0.3) is 17.5 Å². The molecule has 30 heavy (non-hydrogen) atoms. The van der Waals surface area contributed by atoms with Crippen LogP contribution in [0.5, 0.6) is 0 Å². The molecule has 4 rings (SSSR count). The van der Waals surface area contributed by atoms with E-state index in [1.807, 2.05) is 11.0 Å². The zero-order chi connectivity index (χ0) is 21.3. The van der Waals surface area contributed by atoms with E-state index in [2.05, 4.69) is 0 Å². The zero-order valence-electron chi connectivity index (χ0n) is 16.2. The molecule has 0 atom stereocenters. The number of benzene rings is 2. The maximum absolute atomic E-state index is 13.3. The lowest BCUT2D eigenvalue weighted by Crippen LogP contribution is -2.36. The Morgan fingerprint density at radius 2 is 1.60 bits per heavy atom. The fraction of sp³-hybridized carbons (Fsp3) is 0.273. The van der Waals surface area contributed by atoms with E-state index >= 15 is 0 Å².